The molecule has 2 atom stereocenters. The van der Waals surface area contributed by atoms with Crippen LogP contribution in [0.5, 0.6) is 0 Å². The van der Waals surface area contributed by atoms with Gasteiger partial charge in [-0.1, -0.05) is 83.9 Å². The third kappa shape index (κ3) is 7.50. The lowest BCUT2D eigenvalue weighted by atomic mass is 9.80. The van der Waals surface area contributed by atoms with Crippen LogP contribution in [0.25, 0.3) is 11.0 Å². The summed E-state index contributed by atoms with van der Waals surface area (Å²) in [6.07, 6.45) is 4.20. The van der Waals surface area contributed by atoms with Gasteiger partial charge in [0.15, 0.2) is 11.6 Å². The van der Waals surface area contributed by atoms with Crippen molar-refractivity contribution in [3.8, 4) is 0 Å². The number of likely N-dealkylation sites (tertiary alicyclic amines) is 2. The number of Topliss-reactive ketones (excluding diaryl/α,β-unsaturated/α-hetero) is 1. The van der Waals surface area contributed by atoms with Crippen LogP contribution in [0.15, 0.2) is 109 Å². The van der Waals surface area contributed by atoms with Gasteiger partial charge in [-0.25, -0.2) is 9.37 Å². The molecule has 0 radical (unpaired) electrons. The molecule has 3 aliphatic rings. The molecule has 4 heterocycles. The number of imidazole rings is 1. The number of hydrogen-bond acceptors (Lipinski definition) is 6. The van der Waals surface area contributed by atoms with E-state index in [1.54, 1.807) is 30.5 Å². The van der Waals surface area contributed by atoms with E-state index in [1.165, 1.54) is 12.1 Å². The van der Waals surface area contributed by atoms with Crippen LogP contribution in [-0.2, 0) is 33.8 Å². The van der Waals surface area contributed by atoms with Gasteiger partial charge in [0.2, 0.25) is 18.0 Å². The fourth-order valence-corrected chi connectivity index (χ4v) is 8.50. The Hall–Kier alpha value is -4.70. The summed E-state index contributed by atoms with van der Waals surface area (Å²) in [7, 11) is 0. The number of halogens is 3. The zero-order valence-electron chi connectivity index (χ0n) is 29.8. The lowest BCUT2D eigenvalue weighted by Gasteiger charge is -2.34. The fraction of sp³-hybridized carbons (Fsp3) is 0.326. The van der Waals surface area contributed by atoms with Crippen molar-refractivity contribution >= 4 is 45.9 Å². The van der Waals surface area contributed by atoms with Crippen LogP contribution in [-0.4, -0.2) is 63.5 Å². The van der Waals surface area contributed by atoms with E-state index in [0.29, 0.717) is 79.9 Å². The Morgan fingerprint density at radius 1 is 0.889 bits per heavy atom. The third-order valence-electron chi connectivity index (χ3n) is 11.1. The van der Waals surface area contributed by atoms with Crippen molar-refractivity contribution in [2.75, 3.05) is 26.2 Å². The average Bonchev–Trinajstić information content (AvgIpc) is 3.89. The van der Waals surface area contributed by atoms with Gasteiger partial charge in [0, 0.05) is 42.0 Å². The van der Waals surface area contributed by atoms with Crippen molar-refractivity contribution in [1.29, 1.82) is 0 Å². The molecule has 8 nitrogen and oxygen atoms in total. The van der Waals surface area contributed by atoms with Gasteiger partial charge in [-0.05, 0) is 98.4 Å². The quantitative estimate of drug-likeness (QED) is 0.118. The maximum Gasteiger partial charge on any atom is 0.244 e. The number of ether oxygens (including phenoxy) is 2. The summed E-state index contributed by atoms with van der Waals surface area (Å²) in [6.45, 7) is 3.45. The number of amides is 1. The van der Waals surface area contributed by atoms with Crippen LogP contribution in [0.1, 0.15) is 53.0 Å². The third-order valence-corrected chi connectivity index (χ3v) is 11.7. The van der Waals surface area contributed by atoms with E-state index in [-0.39, 0.29) is 23.4 Å². The highest BCUT2D eigenvalue weighted by Gasteiger charge is 2.53. The van der Waals surface area contributed by atoms with Gasteiger partial charge in [-0.3, -0.25) is 9.59 Å². The van der Waals surface area contributed by atoms with E-state index >= 15 is 0 Å². The van der Waals surface area contributed by atoms with Crippen LogP contribution in [0.2, 0.25) is 10.0 Å². The molecule has 54 heavy (non-hydrogen) atoms. The van der Waals surface area contributed by atoms with E-state index in [9.17, 15) is 14.0 Å². The monoisotopic (exact) mass is 766 g/mol. The molecular weight excluding hydrogens is 726 g/mol. The molecule has 0 aliphatic carbocycles. The van der Waals surface area contributed by atoms with Crippen LogP contribution in [0.3, 0.4) is 0 Å². The van der Waals surface area contributed by atoms with Crippen LogP contribution in [0, 0.1) is 17.2 Å². The van der Waals surface area contributed by atoms with Crippen LogP contribution < -0.4 is 0 Å². The highest BCUT2D eigenvalue weighted by Crippen LogP contribution is 2.46. The molecule has 0 bridgehead atoms. The second kappa shape index (κ2) is 15.6. The van der Waals surface area contributed by atoms with Gasteiger partial charge < -0.3 is 23.8 Å². The Morgan fingerprint density at radius 3 is 2.43 bits per heavy atom. The Balaban J connectivity index is 0.956. The highest BCUT2D eigenvalue weighted by molar-refractivity contribution is 6.35. The van der Waals surface area contributed by atoms with Crippen molar-refractivity contribution in [1.82, 2.24) is 19.4 Å². The molecule has 0 spiro atoms. The van der Waals surface area contributed by atoms with Crippen molar-refractivity contribution < 1.29 is 23.5 Å². The molecule has 0 N–H and O–H groups in total. The number of nitrogens with zero attached hydrogens (tertiary/aromatic N) is 4. The smallest absolute Gasteiger partial charge is 0.244 e. The summed E-state index contributed by atoms with van der Waals surface area (Å²) in [4.78, 5) is 37.6. The highest BCUT2D eigenvalue weighted by atomic mass is 35.5. The zero-order valence-corrected chi connectivity index (χ0v) is 31.3. The summed E-state index contributed by atoms with van der Waals surface area (Å²) in [5.74, 6) is 0.550. The zero-order chi connectivity index (χ0) is 37.2. The number of hydrogen-bond donors (Lipinski definition) is 0. The summed E-state index contributed by atoms with van der Waals surface area (Å²) in [5, 5.41) is 1.07. The number of carbonyl (C=O) groups is 2. The van der Waals surface area contributed by atoms with Gasteiger partial charge in [-0.15, -0.1) is 0 Å². The first-order valence-electron chi connectivity index (χ1n) is 18.5. The van der Waals surface area contributed by atoms with E-state index < -0.39 is 11.7 Å². The summed E-state index contributed by atoms with van der Waals surface area (Å²) in [5.41, 5.74) is 3.57. The number of rotatable bonds is 12. The molecular formula is C43H41Cl2FN4O4. The summed E-state index contributed by atoms with van der Waals surface area (Å²) >= 11 is 12.7. The van der Waals surface area contributed by atoms with Crippen LogP contribution in [0.4, 0.5) is 4.39 Å². The minimum absolute atomic E-state index is 0.00570. The molecule has 4 aromatic carbocycles. The van der Waals surface area contributed by atoms with E-state index in [0.717, 1.165) is 40.8 Å². The molecule has 1 aromatic heterocycles. The Kier molecular flexibility index (Phi) is 10.5. The summed E-state index contributed by atoms with van der Waals surface area (Å²) in [6, 6.07) is 29.5. The predicted octanol–water partition coefficient (Wildman–Crippen LogP) is 8.69. The molecule has 2 saturated heterocycles. The van der Waals surface area contributed by atoms with Crippen molar-refractivity contribution in [3.05, 3.63) is 147 Å². The summed E-state index contributed by atoms with van der Waals surface area (Å²) < 4.78 is 28.1. The van der Waals surface area contributed by atoms with Crippen LogP contribution >= 0.6 is 23.2 Å². The number of para-hydroxylation sites is 2. The maximum atomic E-state index is 14.5. The van der Waals surface area contributed by atoms with Gasteiger partial charge in [0.05, 0.1) is 11.0 Å². The lowest BCUT2D eigenvalue weighted by molar-refractivity contribution is -0.138. The number of piperidine rings is 1. The van der Waals surface area contributed by atoms with Crippen molar-refractivity contribution in [2.24, 2.45) is 11.3 Å². The number of benzene rings is 4. The van der Waals surface area contributed by atoms with Crippen molar-refractivity contribution in [3.63, 3.8) is 0 Å². The normalized spacial score (nSPS) is 20.6. The largest absolute Gasteiger partial charge is 0.459 e. The lowest BCUT2D eigenvalue weighted by Crippen LogP contribution is -2.42. The Bertz CT molecular complexity index is 2190. The molecule has 1 amide bonds. The first-order chi connectivity index (χ1) is 26.3. The molecule has 278 valence electrons. The molecule has 11 heteroatoms. The second-order valence-electron chi connectivity index (χ2n) is 14.5. The van der Waals surface area contributed by atoms with Crippen molar-refractivity contribution in [2.45, 2.75) is 51.5 Å². The molecule has 3 aliphatic heterocycles. The molecule has 8 rings (SSSR count). The second-order valence-corrected chi connectivity index (χ2v) is 15.4. The Morgan fingerprint density at radius 2 is 1.65 bits per heavy atom. The first kappa shape index (κ1) is 36.3. The standard InChI is InChI=1S/C43H41Cl2FN4O4/c44-33-13-12-32(35(45)25-33)27-49-23-19-43(42(49)52,38-28-53-39(54-38)24-29-6-2-1-3-7-29)18-22-48-20-16-31(17-21-48)40(51)41-47-36-8-4-5-9-37(36)50(41)26-30-10-14-34(46)15-11-30/h1-15,25,28,31,39H,16-24,26-27H2. The molecule has 5 aromatic rings. The number of fused-ring (bicyclic) bond motifs is 1. The predicted molar refractivity (Wildman–Crippen MR) is 206 cm³/mol. The average molecular weight is 768 g/mol. The topological polar surface area (TPSA) is 76.9 Å². The Labute approximate surface area is 324 Å². The number of ketones is 1. The minimum Gasteiger partial charge on any atom is -0.459 e. The number of carbonyl (C=O) groups excluding carboxylic acids is 2. The minimum atomic E-state index is -0.887. The fourth-order valence-electron chi connectivity index (χ4n) is 8.03. The van der Waals surface area contributed by atoms with Gasteiger partial charge in [-0.2, -0.15) is 0 Å². The van der Waals surface area contributed by atoms with Gasteiger partial charge >= 0.3 is 0 Å². The molecule has 2 unspecified atom stereocenters. The number of aromatic nitrogens is 2. The molecule has 2 fully saturated rings. The van der Waals surface area contributed by atoms with E-state index in [2.05, 4.69) is 4.90 Å². The molecule has 0 saturated carbocycles. The first-order valence-corrected chi connectivity index (χ1v) is 19.3. The SMILES string of the molecule is O=C(c1nc2ccccc2n1Cc1ccc(F)cc1)C1CCN(CCC2(C3=COC(Cc4ccccc4)O3)CCN(Cc3ccc(Cl)cc3Cl)C2=O)CC1. The van der Waals surface area contributed by atoms with Gasteiger partial charge in [0.1, 0.15) is 17.5 Å². The maximum absolute atomic E-state index is 14.5. The van der Waals surface area contributed by atoms with E-state index in [1.807, 2.05) is 70.1 Å². The van der Waals surface area contributed by atoms with E-state index in [4.69, 9.17) is 37.7 Å². The van der Waals surface area contributed by atoms with Gasteiger partial charge in [0.25, 0.3) is 0 Å².